The summed E-state index contributed by atoms with van der Waals surface area (Å²) in [5, 5.41) is 1.01. The number of amides is 3. The van der Waals surface area contributed by atoms with Gasteiger partial charge >= 0.3 is 11.2 Å². The third-order valence-electron chi connectivity index (χ3n) is 1.59. The summed E-state index contributed by atoms with van der Waals surface area (Å²) in [5.74, 6) is -1.22. The predicted molar refractivity (Wildman–Crippen MR) is 51.0 cm³/mol. The zero-order valence-electron chi connectivity index (χ0n) is 8.56. The summed E-state index contributed by atoms with van der Waals surface area (Å²) < 4.78 is 18.8. The largest absolute Gasteiger partial charge is 0.347 e. The fourth-order valence-corrected chi connectivity index (χ4v) is 1.15. The zero-order chi connectivity index (χ0) is 11.9. The molecular formula is C8H12ClFN2O3. The molecule has 1 aliphatic rings. The number of hydrogen-bond donors (Lipinski definition) is 2. The number of urea groups is 1. The van der Waals surface area contributed by atoms with E-state index in [0.29, 0.717) is 0 Å². The highest BCUT2D eigenvalue weighted by atomic mass is 35.5. The van der Waals surface area contributed by atoms with Crippen LogP contribution < -0.4 is 10.6 Å². The molecule has 0 radical (unpaired) electrons. The maximum Gasteiger partial charge on any atom is 0.323 e. The third kappa shape index (κ3) is 2.79. The van der Waals surface area contributed by atoms with Crippen molar-refractivity contribution in [2.75, 3.05) is 0 Å². The number of imide groups is 1. The van der Waals surface area contributed by atoms with E-state index in [-0.39, 0.29) is 0 Å². The summed E-state index contributed by atoms with van der Waals surface area (Å²) in [6.45, 7) is 4.95. The van der Waals surface area contributed by atoms with Gasteiger partial charge in [-0.15, -0.1) is 0 Å². The van der Waals surface area contributed by atoms with Gasteiger partial charge in [0.2, 0.25) is 0 Å². The number of hydrogen-bond acceptors (Lipinski definition) is 3. The van der Waals surface area contributed by atoms with Crippen LogP contribution in [0.1, 0.15) is 20.8 Å². The van der Waals surface area contributed by atoms with Gasteiger partial charge in [-0.3, -0.25) is 10.1 Å². The van der Waals surface area contributed by atoms with Gasteiger partial charge in [-0.2, -0.15) is 0 Å². The van der Waals surface area contributed by atoms with Crippen molar-refractivity contribution in [3.63, 3.8) is 0 Å². The lowest BCUT2D eigenvalue weighted by Crippen LogP contribution is -2.66. The number of carbonyl (C=O) groups excluding carboxylic acids is 2. The highest BCUT2D eigenvalue weighted by molar-refractivity contribution is 6.35. The van der Waals surface area contributed by atoms with Gasteiger partial charge in [0.05, 0.1) is 5.60 Å². The van der Waals surface area contributed by atoms with Crippen LogP contribution in [0.15, 0.2) is 0 Å². The van der Waals surface area contributed by atoms with Crippen molar-refractivity contribution in [1.82, 2.24) is 10.6 Å². The zero-order valence-corrected chi connectivity index (χ0v) is 9.31. The number of alkyl halides is 2. The second kappa shape index (κ2) is 3.61. The molecule has 0 aromatic rings. The SMILES string of the molecule is CC(C)(C)OC1NC(=O)NC(=O)C1(F)Cl. The molecule has 0 spiro atoms. The van der Waals surface area contributed by atoms with Crippen molar-refractivity contribution < 1.29 is 18.7 Å². The highest BCUT2D eigenvalue weighted by Crippen LogP contribution is 2.28. The number of nitrogens with one attached hydrogen (secondary N) is 2. The Morgan fingerprint density at radius 2 is 2.00 bits per heavy atom. The monoisotopic (exact) mass is 238 g/mol. The summed E-state index contributed by atoms with van der Waals surface area (Å²) in [4.78, 5) is 22.0. The first-order chi connectivity index (χ1) is 6.63. The van der Waals surface area contributed by atoms with Crippen LogP contribution in [0.25, 0.3) is 0 Å². The second-order valence-electron chi connectivity index (χ2n) is 4.16. The smallest absolute Gasteiger partial charge is 0.323 e. The minimum Gasteiger partial charge on any atom is -0.347 e. The highest BCUT2D eigenvalue weighted by Gasteiger charge is 2.52. The van der Waals surface area contributed by atoms with Crippen LogP contribution >= 0.6 is 11.6 Å². The molecule has 2 atom stereocenters. The van der Waals surface area contributed by atoms with Gasteiger partial charge in [0.1, 0.15) is 0 Å². The predicted octanol–water partition coefficient (Wildman–Crippen LogP) is 0.872. The van der Waals surface area contributed by atoms with E-state index < -0.39 is 28.9 Å². The Bertz CT molecular complexity index is 301. The number of ether oxygens (including phenoxy) is 1. The molecular weight excluding hydrogens is 227 g/mol. The van der Waals surface area contributed by atoms with Crippen LogP contribution in [-0.2, 0) is 9.53 Å². The molecule has 0 aromatic carbocycles. The molecule has 86 valence electrons. The lowest BCUT2D eigenvalue weighted by atomic mass is 10.1. The Morgan fingerprint density at radius 3 is 2.47 bits per heavy atom. The molecule has 0 aromatic heterocycles. The van der Waals surface area contributed by atoms with E-state index >= 15 is 0 Å². The van der Waals surface area contributed by atoms with Crippen molar-refractivity contribution in [3.8, 4) is 0 Å². The second-order valence-corrected chi connectivity index (χ2v) is 4.71. The van der Waals surface area contributed by atoms with Gasteiger partial charge in [0.15, 0.2) is 6.23 Å². The van der Waals surface area contributed by atoms with E-state index in [1.807, 2.05) is 0 Å². The van der Waals surface area contributed by atoms with Crippen molar-refractivity contribution in [2.45, 2.75) is 37.7 Å². The van der Waals surface area contributed by atoms with Crippen molar-refractivity contribution >= 4 is 23.5 Å². The Hall–Kier alpha value is -0.880. The summed E-state index contributed by atoms with van der Waals surface area (Å²) in [5.41, 5.74) is -0.734. The minimum absolute atomic E-state index is 0.734. The molecule has 1 rings (SSSR count). The molecule has 5 nitrogen and oxygen atoms in total. The topological polar surface area (TPSA) is 67.4 Å². The van der Waals surface area contributed by atoms with Crippen LogP contribution in [-0.4, -0.2) is 28.9 Å². The van der Waals surface area contributed by atoms with Gasteiger partial charge in [0, 0.05) is 0 Å². The van der Waals surface area contributed by atoms with E-state index in [2.05, 4.69) is 5.32 Å². The molecule has 1 heterocycles. The quantitative estimate of drug-likeness (QED) is 0.666. The van der Waals surface area contributed by atoms with Crippen molar-refractivity contribution in [3.05, 3.63) is 0 Å². The Balaban J connectivity index is 2.85. The molecule has 0 aliphatic carbocycles. The van der Waals surface area contributed by atoms with Gasteiger partial charge in [-0.05, 0) is 20.8 Å². The molecule has 7 heteroatoms. The average Bonchev–Trinajstić information content (AvgIpc) is 1.97. The van der Waals surface area contributed by atoms with E-state index in [9.17, 15) is 14.0 Å². The number of rotatable bonds is 1. The van der Waals surface area contributed by atoms with Gasteiger partial charge in [0.25, 0.3) is 5.91 Å². The van der Waals surface area contributed by atoms with Crippen LogP contribution in [0.3, 0.4) is 0 Å². The molecule has 3 amide bonds. The maximum atomic E-state index is 13.6. The lowest BCUT2D eigenvalue weighted by molar-refractivity contribution is -0.151. The fourth-order valence-electron chi connectivity index (χ4n) is 1.01. The maximum absolute atomic E-state index is 13.6. The third-order valence-corrected chi connectivity index (χ3v) is 1.96. The van der Waals surface area contributed by atoms with Crippen LogP contribution in [0.2, 0.25) is 0 Å². The molecule has 2 unspecified atom stereocenters. The van der Waals surface area contributed by atoms with Crippen LogP contribution in [0.5, 0.6) is 0 Å². The number of halogens is 2. The summed E-state index contributed by atoms with van der Waals surface area (Å²) in [6.07, 6.45) is -1.50. The number of carbonyl (C=O) groups is 2. The van der Waals surface area contributed by atoms with Gasteiger partial charge in [-0.1, -0.05) is 11.6 Å². The van der Waals surface area contributed by atoms with Gasteiger partial charge < -0.3 is 10.1 Å². The minimum atomic E-state index is -2.79. The fraction of sp³-hybridized carbons (Fsp3) is 0.750. The van der Waals surface area contributed by atoms with Crippen LogP contribution in [0, 0.1) is 0 Å². The summed E-state index contributed by atoms with van der Waals surface area (Å²) in [6, 6.07) is -0.830. The first kappa shape index (κ1) is 12.2. The van der Waals surface area contributed by atoms with Gasteiger partial charge in [-0.25, -0.2) is 9.18 Å². The molecule has 1 fully saturated rings. The Morgan fingerprint density at radius 1 is 1.47 bits per heavy atom. The normalized spacial score (nSPS) is 32.2. The average molecular weight is 239 g/mol. The van der Waals surface area contributed by atoms with E-state index in [1.165, 1.54) is 0 Å². The summed E-state index contributed by atoms with van der Waals surface area (Å²) >= 11 is 5.34. The molecule has 0 saturated carbocycles. The standard InChI is InChI=1S/C8H12ClFN2O3/c1-7(2,3)15-5-8(9,10)4(13)11-6(14)12-5/h5H,1-3H3,(H2,11,12,13,14). The molecule has 1 saturated heterocycles. The van der Waals surface area contributed by atoms with Crippen LogP contribution in [0.4, 0.5) is 9.18 Å². The first-order valence-electron chi connectivity index (χ1n) is 4.30. The first-order valence-corrected chi connectivity index (χ1v) is 4.68. The molecule has 15 heavy (non-hydrogen) atoms. The molecule has 0 bridgehead atoms. The summed E-state index contributed by atoms with van der Waals surface area (Å²) in [7, 11) is 0. The Labute approximate surface area is 91.3 Å². The Kier molecular flexibility index (Phi) is 2.93. The van der Waals surface area contributed by atoms with Crippen molar-refractivity contribution in [1.29, 1.82) is 0 Å². The molecule has 2 N–H and O–H groups in total. The lowest BCUT2D eigenvalue weighted by Gasteiger charge is -2.36. The van der Waals surface area contributed by atoms with Crippen molar-refractivity contribution in [2.24, 2.45) is 0 Å². The van der Waals surface area contributed by atoms with E-state index in [0.717, 1.165) is 0 Å². The van der Waals surface area contributed by atoms with E-state index in [1.54, 1.807) is 26.1 Å². The molecule has 1 aliphatic heterocycles. The van der Waals surface area contributed by atoms with E-state index in [4.69, 9.17) is 16.3 Å².